The molecule has 0 saturated carbocycles. The van der Waals surface area contributed by atoms with Gasteiger partial charge in [0.2, 0.25) is 0 Å². The number of hydrogen-bond donors (Lipinski definition) is 0. The minimum absolute atomic E-state index is 0.447. The van der Waals surface area contributed by atoms with E-state index >= 15 is 0 Å². The summed E-state index contributed by atoms with van der Waals surface area (Å²) in [5.41, 5.74) is -12.2. The van der Waals surface area contributed by atoms with Crippen LogP contribution in [0.2, 0.25) is 0 Å². The van der Waals surface area contributed by atoms with Gasteiger partial charge in [-0.25, -0.2) is 4.39 Å². The predicted octanol–water partition coefficient (Wildman–Crippen LogP) is 3.56. The summed E-state index contributed by atoms with van der Waals surface area (Å²) in [6.07, 6.45) is 0. The van der Waals surface area contributed by atoms with Gasteiger partial charge in [-0.1, -0.05) is 0 Å². The zero-order valence-corrected chi connectivity index (χ0v) is 14.3. The predicted molar refractivity (Wildman–Crippen MR) is 72.7 cm³/mol. The fraction of sp³-hybridized carbons (Fsp3) is 0.250. The lowest BCUT2D eigenvalue weighted by molar-refractivity contribution is -0.0439. The lowest BCUT2D eigenvalue weighted by atomic mass is 10.4. The van der Waals surface area contributed by atoms with Crippen LogP contribution in [0.15, 0.2) is 36.7 Å². The van der Waals surface area contributed by atoms with Crippen molar-refractivity contribution in [3.8, 4) is 0 Å². The first kappa shape index (κ1) is 21.9. The molecule has 17 heteroatoms. The van der Waals surface area contributed by atoms with Gasteiger partial charge in [0.1, 0.15) is 5.82 Å². The molecule has 0 saturated heterocycles. The molecular formula is C8H4ClF7N2O4S3. The zero-order chi connectivity index (χ0) is 19.9. The Morgan fingerprint density at radius 3 is 1.36 bits per heavy atom. The first-order chi connectivity index (χ1) is 10.9. The minimum atomic E-state index is -6.52. The van der Waals surface area contributed by atoms with Crippen molar-refractivity contribution in [2.24, 2.45) is 7.54 Å². The standard InChI is InChI=1S/C8H4ClF7N2O4S3/c9-23(6-3-1-5(10)2-4-6,17-24(19,20)7(11,12)13)18-25(21,22)8(14,15)16/h1-4H. The van der Waals surface area contributed by atoms with Crippen molar-refractivity contribution in [1.29, 1.82) is 0 Å². The van der Waals surface area contributed by atoms with E-state index < -0.39 is 50.6 Å². The Morgan fingerprint density at radius 1 is 0.760 bits per heavy atom. The average molecular weight is 457 g/mol. The number of sulfonamides is 2. The zero-order valence-electron chi connectivity index (χ0n) is 11.1. The Morgan fingerprint density at radius 2 is 1.08 bits per heavy atom. The fourth-order valence-electron chi connectivity index (χ4n) is 1.05. The number of benzene rings is 1. The Balaban J connectivity index is 3.99. The molecule has 0 atom stereocenters. The van der Waals surface area contributed by atoms with E-state index in [1.165, 1.54) is 0 Å². The van der Waals surface area contributed by atoms with Crippen LogP contribution in [0.3, 0.4) is 0 Å². The Kier molecular flexibility index (Phi) is 5.74. The number of hydrogen-bond acceptors (Lipinski definition) is 4. The normalized spacial score (nSPS) is 14.2. The SMILES string of the molecule is O=S(=O)(N=S(Cl)(=NS(=O)(=O)C(F)(F)F)c1ccc(F)cc1)C(F)(F)F. The van der Waals surface area contributed by atoms with Crippen LogP contribution in [0.5, 0.6) is 0 Å². The average Bonchev–Trinajstić information content (AvgIpc) is 2.34. The highest BCUT2D eigenvalue weighted by molar-refractivity contribution is 8.23. The molecule has 0 spiro atoms. The van der Waals surface area contributed by atoms with Gasteiger partial charge < -0.3 is 0 Å². The number of nitrogens with zero attached hydrogens (tertiary/aromatic N) is 2. The molecule has 1 aromatic carbocycles. The van der Waals surface area contributed by atoms with Crippen molar-refractivity contribution >= 4 is 39.6 Å². The highest BCUT2D eigenvalue weighted by Crippen LogP contribution is 2.34. The van der Waals surface area contributed by atoms with Crippen LogP contribution in [0, 0.1) is 5.82 Å². The summed E-state index contributed by atoms with van der Waals surface area (Å²) in [5, 5.41) is 0. The summed E-state index contributed by atoms with van der Waals surface area (Å²) < 4.78 is 136. The number of alkyl halides is 6. The summed E-state index contributed by atoms with van der Waals surface area (Å²) >= 11 is 0. The largest absolute Gasteiger partial charge is 0.519 e. The van der Waals surface area contributed by atoms with Crippen LogP contribution in [0.1, 0.15) is 0 Å². The van der Waals surface area contributed by atoms with Gasteiger partial charge in [-0.15, -0.1) is 7.54 Å². The molecule has 0 N–H and O–H groups in total. The van der Waals surface area contributed by atoms with Gasteiger partial charge in [0.15, 0.2) is 0 Å². The van der Waals surface area contributed by atoms with Crippen LogP contribution < -0.4 is 0 Å². The van der Waals surface area contributed by atoms with E-state index in [4.69, 9.17) is 10.7 Å². The van der Waals surface area contributed by atoms with Crippen molar-refractivity contribution in [2.75, 3.05) is 0 Å². The molecule has 0 aliphatic rings. The maximum Gasteiger partial charge on any atom is 0.519 e. The number of rotatable bonds is 3. The van der Waals surface area contributed by atoms with Crippen LogP contribution >= 0.6 is 10.7 Å². The third kappa shape index (κ3) is 4.95. The summed E-state index contributed by atoms with van der Waals surface area (Å²) in [7, 11) is -12.7. The third-order valence-electron chi connectivity index (χ3n) is 2.09. The van der Waals surface area contributed by atoms with E-state index in [2.05, 4.69) is 0 Å². The molecule has 1 rings (SSSR count). The van der Waals surface area contributed by atoms with Crippen molar-refractivity contribution in [1.82, 2.24) is 0 Å². The summed E-state index contributed by atoms with van der Waals surface area (Å²) in [6.45, 7) is 0. The first-order valence-electron chi connectivity index (χ1n) is 5.31. The fourth-order valence-corrected chi connectivity index (χ4v) is 6.98. The van der Waals surface area contributed by atoms with Crippen LogP contribution in [-0.4, -0.2) is 27.9 Å². The molecule has 0 fully saturated rings. The van der Waals surface area contributed by atoms with Crippen LogP contribution in [0.4, 0.5) is 30.7 Å². The smallest absolute Gasteiger partial charge is 0.207 e. The highest BCUT2D eigenvalue weighted by Gasteiger charge is 2.49. The summed E-state index contributed by atoms with van der Waals surface area (Å²) in [6, 6.07) is 1.85. The second-order valence-electron chi connectivity index (χ2n) is 3.92. The lowest BCUT2D eigenvalue weighted by Crippen LogP contribution is -2.24. The van der Waals surface area contributed by atoms with Gasteiger partial charge >= 0.3 is 31.1 Å². The van der Waals surface area contributed by atoms with E-state index in [0.717, 1.165) is 0 Å². The maximum atomic E-state index is 12.8. The molecule has 6 nitrogen and oxygen atoms in total. The molecular weight excluding hydrogens is 453 g/mol. The summed E-state index contributed by atoms with van der Waals surface area (Å²) in [4.78, 5) is -0.990. The third-order valence-corrected chi connectivity index (χ3v) is 8.83. The van der Waals surface area contributed by atoms with Gasteiger partial charge in [0.25, 0.3) is 0 Å². The molecule has 0 unspecified atom stereocenters. The van der Waals surface area contributed by atoms with Crippen molar-refractivity contribution in [2.45, 2.75) is 15.9 Å². The number of halogens is 8. The maximum absolute atomic E-state index is 12.8. The molecule has 0 radical (unpaired) electrons. The monoisotopic (exact) mass is 456 g/mol. The van der Waals surface area contributed by atoms with Gasteiger partial charge in [-0.2, -0.15) is 43.2 Å². The molecule has 0 heterocycles. The topological polar surface area (TPSA) is 93.0 Å². The molecule has 0 aliphatic heterocycles. The molecule has 0 aromatic heterocycles. The second kappa shape index (κ2) is 6.55. The van der Waals surface area contributed by atoms with E-state index in [-0.39, 0.29) is 0 Å². The summed E-state index contributed by atoms with van der Waals surface area (Å²) in [5.74, 6) is -1.03. The van der Waals surface area contributed by atoms with E-state index in [9.17, 15) is 47.6 Å². The van der Waals surface area contributed by atoms with E-state index in [1.54, 1.807) is 0 Å². The van der Waals surface area contributed by atoms with E-state index in [0.29, 0.717) is 24.3 Å². The van der Waals surface area contributed by atoms with E-state index in [1.807, 2.05) is 7.54 Å². The Bertz CT molecular complexity index is 932. The molecule has 0 aliphatic carbocycles. The molecule has 1 aromatic rings. The van der Waals surface area contributed by atoms with Gasteiger partial charge in [-0.3, -0.25) is 0 Å². The quantitative estimate of drug-likeness (QED) is 0.650. The van der Waals surface area contributed by atoms with Gasteiger partial charge in [-0.05, 0) is 34.9 Å². The van der Waals surface area contributed by atoms with Crippen LogP contribution in [-0.2, 0) is 28.9 Å². The first-order valence-corrected chi connectivity index (χ1v) is 10.6. The highest BCUT2D eigenvalue weighted by atomic mass is 35.7. The molecule has 0 bridgehead atoms. The van der Waals surface area contributed by atoms with Crippen molar-refractivity contribution in [3.05, 3.63) is 30.1 Å². The molecule has 144 valence electrons. The van der Waals surface area contributed by atoms with Crippen LogP contribution in [0.25, 0.3) is 0 Å². The van der Waals surface area contributed by atoms with Crippen molar-refractivity contribution < 1.29 is 47.6 Å². The molecule has 0 amide bonds. The Labute approximate surface area is 141 Å². The van der Waals surface area contributed by atoms with Gasteiger partial charge in [0, 0.05) is 4.90 Å². The Hall–Kier alpha value is -1.13. The van der Waals surface area contributed by atoms with Crippen molar-refractivity contribution in [3.63, 3.8) is 0 Å². The minimum Gasteiger partial charge on any atom is -0.207 e. The van der Waals surface area contributed by atoms with Gasteiger partial charge in [0.05, 0.1) is 8.83 Å². The second-order valence-corrected chi connectivity index (χ2v) is 10.7. The lowest BCUT2D eigenvalue weighted by Gasteiger charge is -2.11. The molecule has 25 heavy (non-hydrogen) atoms.